The van der Waals surface area contributed by atoms with Crippen LogP contribution < -0.4 is 10.0 Å². The SMILES string of the molecule is Cc1ccccc1NC1=Nc2c(O)cc(F)cc2SN1. The summed E-state index contributed by atoms with van der Waals surface area (Å²) in [4.78, 5) is 4.83. The molecule has 0 saturated carbocycles. The zero-order valence-electron chi connectivity index (χ0n) is 10.6. The van der Waals surface area contributed by atoms with Gasteiger partial charge in [0.1, 0.15) is 17.3 Å². The lowest BCUT2D eigenvalue weighted by Crippen LogP contribution is -2.27. The van der Waals surface area contributed by atoms with Crippen molar-refractivity contribution in [3.8, 4) is 5.75 Å². The second-order valence-corrected chi connectivity index (χ2v) is 5.22. The van der Waals surface area contributed by atoms with Gasteiger partial charge in [-0.1, -0.05) is 18.2 Å². The molecule has 0 atom stereocenters. The van der Waals surface area contributed by atoms with Crippen molar-refractivity contribution in [2.45, 2.75) is 11.8 Å². The molecule has 102 valence electrons. The second kappa shape index (κ2) is 5.05. The van der Waals surface area contributed by atoms with Crippen molar-refractivity contribution in [2.75, 3.05) is 5.32 Å². The summed E-state index contributed by atoms with van der Waals surface area (Å²) in [7, 11) is 0. The fourth-order valence-electron chi connectivity index (χ4n) is 1.88. The topological polar surface area (TPSA) is 56.7 Å². The standard InChI is InChI=1S/C14H12FN3OS/c1-8-4-2-3-5-10(8)16-14-17-13-11(19)6-9(15)7-12(13)20-18-14/h2-7,19H,1H3,(H2,16,17,18). The van der Waals surface area contributed by atoms with Gasteiger partial charge in [0.2, 0.25) is 5.96 Å². The first-order valence-electron chi connectivity index (χ1n) is 6.00. The minimum absolute atomic E-state index is 0.168. The Hall–Kier alpha value is -2.21. The molecule has 6 heteroatoms. The van der Waals surface area contributed by atoms with Crippen molar-refractivity contribution in [3.05, 3.63) is 47.8 Å². The molecule has 20 heavy (non-hydrogen) atoms. The van der Waals surface area contributed by atoms with Gasteiger partial charge in [-0.15, -0.1) is 0 Å². The fraction of sp³-hybridized carbons (Fsp3) is 0.0714. The van der Waals surface area contributed by atoms with Crippen molar-refractivity contribution in [1.29, 1.82) is 0 Å². The van der Waals surface area contributed by atoms with E-state index in [9.17, 15) is 9.50 Å². The quantitative estimate of drug-likeness (QED) is 0.703. The summed E-state index contributed by atoms with van der Waals surface area (Å²) in [6.45, 7) is 1.99. The Bertz CT molecular complexity index is 703. The van der Waals surface area contributed by atoms with Gasteiger partial charge in [0.15, 0.2) is 0 Å². The van der Waals surface area contributed by atoms with Crippen LogP contribution in [0.2, 0.25) is 0 Å². The highest BCUT2D eigenvalue weighted by molar-refractivity contribution is 7.98. The van der Waals surface area contributed by atoms with Crippen LogP contribution in [0.4, 0.5) is 15.8 Å². The van der Waals surface area contributed by atoms with Gasteiger partial charge < -0.3 is 10.4 Å². The van der Waals surface area contributed by atoms with Crippen LogP contribution in [0.1, 0.15) is 5.56 Å². The first kappa shape index (κ1) is 12.8. The maximum absolute atomic E-state index is 13.2. The van der Waals surface area contributed by atoms with Crippen LogP contribution in [0.15, 0.2) is 46.3 Å². The molecule has 0 spiro atoms. The minimum Gasteiger partial charge on any atom is -0.506 e. The van der Waals surface area contributed by atoms with Crippen molar-refractivity contribution >= 4 is 29.3 Å². The summed E-state index contributed by atoms with van der Waals surface area (Å²) in [5, 5.41) is 12.9. The summed E-state index contributed by atoms with van der Waals surface area (Å²) in [5.41, 5.74) is 2.37. The van der Waals surface area contributed by atoms with Gasteiger partial charge in [-0.3, -0.25) is 4.72 Å². The maximum atomic E-state index is 13.2. The molecular formula is C14H12FN3OS. The smallest absolute Gasteiger partial charge is 0.211 e. The number of anilines is 1. The zero-order chi connectivity index (χ0) is 14.1. The van der Waals surface area contributed by atoms with Crippen LogP contribution in [0.25, 0.3) is 0 Å². The molecule has 0 radical (unpaired) electrons. The van der Waals surface area contributed by atoms with Gasteiger partial charge in [0.05, 0.1) is 4.90 Å². The zero-order valence-corrected chi connectivity index (χ0v) is 11.5. The molecular weight excluding hydrogens is 277 g/mol. The Kier molecular flexibility index (Phi) is 3.23. The summed E-state index contributed by atoms with van der Waals surface area (Å²) in [5.74, 6) is -0.155. The average Bonchev–Trinajstić information content (AvgIpc) is 2.42. The third kappa shape index (κ3) is 2.42. The van der Waals surface area contributed by atoms with E-state index in [4.69, 9.17) is 0 Å². The number of nitrogens with zero attached hydrogens (tertiary/aromatic N) is 1. The highest BCUT2D eigenvalue weighted by atomic mass is 32.2. The van der Waals surface area contributed by atoms with Gasteiger partial charge >= 0.3 is 0 Å². The molecule has 0 saturated heterocycles. The molecule has 0 fully saturated rings. The first-order valence-corrected chi connectivity index (χ1v) is 6.82. The maximum Gasteiger partial charge on any atom is 0.211 e. The Morgan fingerprint density at radius 1 is 1.30 bits per heavy atom. The number of aryl methyl sites for hydroxylation is 1. The van der Waals surface area contributed by atoms with E-state index in [0.29, 0.717) is 16.5 Å². The van der Waals surface area contributed by atoms with E-state index in [0.717, 1.165) is 17.3 Å². The number of rotatable bonds is 1. The molecule has 0 unspecified atom stereocenters. The Labute approximate surface area is 119 Å². The lowest BCUT2D eigenvalue weighted by molar-refractivity contribution is 0.468. The number of hydrogen-bond donors (Lipinski definition) is 3. The number of phenolic OH excluding ortho intramolecular Hbond substituents is 1. The predicted octanol–water partition coefficient (Wildman–Crippen LogP) is 3.55. The van der Waals surface area contributed by atoms with Crippen molar-refractivity contribution < 1.29 is 9.50 Å². The highest BCUT2D eigenvalue weighted by Crippen LogP contribution is 2.39. The normalized spacial score (nSPS) is 13.2. The van der Waals surface area contributed by atoms with Crippen LogP contribution in [0, 0.1) is 12.7 Å². The van der Waals surface area contributed by atoms with Crippen molar-refractivity contribution in [1.82, 2.24) is 4.72 Å². The molecule has 0 aliphatic carbocycles. The number of para-hydroxylation sites is 1. The summed E-state index contributed by atoms with van der Waals surface area (Å²) in [6.07, 6.45) is 0. The van der Waals surface area contributed by atoms with Crippen LogP contribution in [0.3, 0.4) is 0 Å². The molecule has 2 aromatic rings. The number of nitrogens with one attached hydrogen (secondary N) is 2. The number of phenols is 1. The van der Waals surface area contributed by atoms with Crippen LogP contribution in [-0.2, 0) is 0 Å². The summed E-state index contributed by atoms with van der Waals surface area (Å²) in [6, 6.07) is 10.2. The summed E-state index contributed by atoms with van der Waals surface area (Å²) < 4.78 is 16.2. The Morgan fingerprint density at radius 3 is 2.90 bits per heavy atom. The van der Waals surface area contributed by atoms with Gasteiger partial charge in [0.25, 0.3) is 0 Å². The van der Waals surface area contributed by atoms with Gasteiger partial charge in [-0.05, 0) is 36.6 Å². The van der Waals surface area contributed by atoms with E-state index >= 15 is 0 Å². The second-order valence-electron chi connectivity index (χ2n) is 4.38. The Balaban J connectivity index is 1.93. The van der Waals surface area contributed by atoms with E-state index < -0.39 is 5.82 Å². The monoisotopic (exact) mass is 289 g/mol. The number of benzene rings is 2. The highest BCUT2D eigenvalue weighted by Gasteiger charge is 2.17. The molecule has 4 nitrogen and oxygen atoms in total. The van der Waals surface area contributed by atoms with E-state index in [1.165, 1.54) is 18.0 Å². The predicted molar refractivity (Wildman–Crippen MR) is 79.0 cm³/mol. The third-order valence-corrected chi connectivity index (χ3v) is 3.73. The average molecular weight is 289 g/mol. The first-order chi connectivity index (χ1) is 9.63. The van der Waals surface area contributed by atoms with Gasteiger partial charge in [-0.2, -0.15) is 0 Å². The molecule has 3 rings (SSSR count). The van der Waals surface area contributed by atoms with Crippen LogP contribution in [0.5, 0.6) is 5.75 Å². The van der Waals surface area contributed by atoms with Gasteiger partial charge in [-0.25, -0.2) is 9.38 Å². The number of aliphatic imine (C=N–C) groups is 1. The molecule has 1 heterocycles. The van der Waals surface area contributed by atoms with Crippen LogP contribution in [-0.4, -0.2) is 11.1 Å². The van der Waals surface area contributed by atoms with E-state index in [1.807, 2.05) is 31.2 Å². The molecule has 3 N–H and O–H groups in total. The largest absolute Gasteiger partial charge is 0.506 e. The lowest BCUT2D eigenvalue weighted by atomic mass is 10.2. The fourth-order valence-corrected chi connectivity index (χ4v) is 2.60. The molecule has 2 aromatic carbocycles. The van der Waals surface area contributed by atoms with E-state index in [2.05, 4.69) is 15.0 Å². The van der Waals surface area contributed by atoms with E-state index in [-0.39, 0.29) is 5.75 Å². The number of fused-ring (bicyclic) bond motifs is 1. The van der Waals surface area contributed by atoms with Crippen molar-refractivity contribution in [3.63, 3.8) is 0 Å². The van der Waals surface area contributed by atoms with Gasteiger partial charge in [0, 0.05) is 11.8 Å². The minimum atomic E-state index is -0.485. The number of aromatic hydroxyl groups is 1. The van der Waals surface area contributed by atoms with Crippen LogP contribution >= 0.6 is 11.9 Å². The lowest BCUT2D eigenvalue weighted by Gasteiger charge is -2.19. The molecule has 0 bridgehead atoms. The third-order valence-electron chi connectivity index (χ3n) is 2.90. The Morgan fingerprint density at radius 2 is 2.10 bits per heavy atom. The number of hydrogen-bond acceptors (Lipinski definition) is 5. The molecule has 1 aliphatic rings. The molecule has 1 aliphatic heterocycles. The molecule has 0 amide bonds. The number of guanidine groups is 1. The van der Waals surface area contributed by atoms with Crippen molar-refractivity contribution in [2.24, 2.45) is 4.99 Å². The van der Waals surface area contributed by atoms with E-state index in [1.54, 1.807) is 0 Å². The molecule has 0 aromatic heterocycles. The summed E-state index contributed by atoms with van der Waals surface area (Å²) >= 11 is 1.21. The number of halogens is 1.